The van der Waals surface area contributed by atoms with Gasteiger partial charge in [-0.3, -0.25) is 0 Å². The number of nitrogens with zero attached hydrogens (tertiary/aromatic N) is 2. The third kappa shape index (κ3) is 3.10. The van der Waals surface area contributed by atoms with Crippen molar-refractivity contribution >= 4 is 11.6 Å². The smallest absolute Gasteiger partial charge is 0.0951 e. The number of halogens is 1. The summed E-state index contributed by atoms with van der Waals surface area (Å²) in [4.78, 5) is 4.13. The van der Waals surface area contributed by atoms with Crippen molar-refractivity contribution in [1.29, 1.82) is 0 Å². The Morgan fingerprint density at radius 1 is 1.29 bits per heavy atom. The summed E-state index contributed by atoms with van der Waals surface area (Å²) in [6.07, 6.45) is 9.29. The Morgan fingerprint density at radius 3 is 2.65 bits per heavy atom. The zero-order valence-electron chi connectivity index (χ0n) is 10.0. The molecule has 0 radical (unpaired) electrons. The first-order chi connectivity index (χ1) is 8.31. The van der Waals surface area contributed by atoms with Gasteiger partial charge in [-0.25, -0.2) is 4.98 Å². The third-order valence-electron chi connectivity index (χ3n) is 2.97. The average molecular weight is 249 g/mol. The predicted octanol–water partition coefficient (Wildman–Crippen LogP) is 4.32. The highest BCUT2D eigenvalue weighted by Crippen LogP contribution is 2.25. The molecule has 0 aliphatic carbocycles. The first-order valence-corrected chi connectivity index (χ1v) is 6.42. The minimum Gasteiger partial charge on any atom is -0.330 e. The lowest BCUT2D eigenvalue weighted by molar-refractivity contribution is 0.515. The van der Waals surface area contributed by atoms with E-state index in [1.165, 1.54) is 18.4 Å². The molecule has 1 unspecified atom stereocenters. The summed E-state index contributed by atoms with van der Waals surface area (Å²) < 4.78 is 2.17. The molecule has 17 heavy (non-hydrogen) atoms. The van der Waals surface area contributed by atoms with Crippen LogP contribution in [-0.4, -0.2) is 9.55 Å². The molecule has 1 aromatic carbocycles. The van der Waals surface area contributed by atoms with Gasteiger partial charge in [0.15, 0.2) is 0 Å². The van der Waals surface area contributed by atoms with Crippen LogP contribution in [0.5, 0.6) is 0 Å². The number of unbranched alkanes of at least 4 members (excludes halogenated alkanes) is 1. The van der Waals surface area contributed by atoms with Gasteiger partial charge in [0.05, 0.1) is 12.4 Å². The average Bonchev–Trinajstić information content (AvgIpc) is 2.85. The van der Waals surface area contributed by atoms with Crippen LogP contribution in [0, 0.1) is 0 Å². The van der Waals surface area contributed by atoms with Crippen LogP contribution in [0.25, 0.3) is 0 Å². The fraction of sp³-hybridized carbons (Fsp3) is 0.357. The fourth-order valence-corrected chi connectivity index (χ4v) is 2.15. The topological polar surface area (TPSA) is 17.8 Å². The maximum atomic E-state index is 5.93. The van der Waals surface area contributed by atoms with E-state index in [0.717, 1.165) is 11.4 Å². The minimum absolute atomic E-state index is 0.370. The highest BCUT2D eigenvalue weighted by molar-refractivity contribution is 6.30. The van der Waals surface area contributed by atoms with Crippen molar-refractivity contribution in [3.63, 3.8) is 0 Å². The van der Waals surface area contributed by atoms with Gasteiger partial charge in [-0.05, 0) is 24.1 Å². The summed E-state index contributed by atoms with van der Waals surface area (Å²) in [6.45, 7) is 2.22. The number of benzene rings is 1. The van der Waals surface area contributed by atoms with Gasteiger partial charge < -0.3 is 4.57 Å². The normalized spacial score (nSPS) is 12.6. The molecule has 90 valence electrons. The van der Waals surface area contributed by atoms with E-state index in [-0.39, 0.29) is 0 Å². The quantitative estimate of drug-likeness (QED) is 0.771. The second kappa shape index (κ2) is 5.87. The molecule has 0 N–H and O–H groups in total. The first-order valence-electron chi connectivity index (χ1n) is 6.04. The summed E-state index contributed by atoms with van der Waals surface area (Å²) in [5, 5.41) is 0.786. The van der Waals surface area contributed by atoms with Gasteiger partial charge in [0.2, 0.25) is 0 Å². The molecule has 0 bridgehead atoms. The summed E-state index contributed by atoms with van der Waals surface area (Å²) in [5.74, 6) is 0. The Balaban J connectivity index is 2.23. The molecule has 0 saturated carbocycles. The Morgan fingerprint density at radius 2 is 2.06 bits per heavy atom. The first kappa shape index (κ1) is 12.2. The Hall–Kier alpha value is -1.28. The molecule has 1 atom stereocenters. The lowest BCUT2D eigenvalue weighted by Crippen LogP contribution is -2.08. The zero-order valence-corrected chi connectivity index (χ0v) is 10.8. The van der Waals surface area contributed by atoms with Gasteiger partial charge in [0, 0.05) is 17.4 Å². The van der Waals surface area contributed by atoms with Gasteiger partial charge in [-0.15, -0.1) is 0 Å². The van der Waals surface area contributed by atoms with Crippen LogP contribution in [0.2, 0.25) is 5.02 Å². The van der Waals surface area contributed by atoms with Crippen LogP contribution in [0.15, 0.2) is 43.0 Å². The van der Waals surface area contributed by atoms with Crippen LogP contribution in [0.3, 0.4) is 0 Å². The minimum atomic E-state index is 0.370. The van der Waals surface area contributed by atoms with E-state index >= 15 is 0 Å². The number of imidazole rings is 1. The molecule has 1 heterocycles. The second-order valence-electron chi connectivity index (χ2n) is 4.22. The summed E-state index contributed by atoms with van der Waals surface area (Å²) in [7, 11) is 0. The fourth-order valence-electron chi connectivity index (χ4n) is 2.02. The largest absolute Gasteiger partial charge is 0.330 e. The molecule has 2 nitrogen and oxygen atoms in total. The van der Waals surface area contributed by atoms with Crippen LogP contribution >= 0.6 is 11.6 Å². The molecule has 1 aromatic heterocycles. The van der Waals surface area contributed by atoms with E-state index in [0.29, 0.717) is 6.04 Å². The lowest BCUT2D eigenvalue weighted by Gasteiger charge is -2.18. The second-order valence-corrected chi connectivity index (χ2v) is 4.66. The molecule has 2 rings (SSSR count). The number of aromatic nitrogens is 2. The Kier molecular flexibility index (Phi) is 4.21. The number of rotatable bonds is 5. The predicted molar refractivity (Wildman–Crippen MR) is 71.3 cm³/mol. The van der Waals surface area contributed by atoms with Crippen molar-refractivity contribution < 1.29 is 0 Å². The molecule has 3 heteroatoms. The molecule has 0 fully saturated rings. The van der Waals surface area contributed by atoms with Crippen molar-refractivity contribution in [3.8, 4) is 0 Å². The van der Waals surface area contributed by atoms with Crippen molar-refractivity contribution in [1.82, 2.24) is 9.55 Å². The molecule has 0 amide bonds. The highest BCUT2D eigenvalue weighted by atomic mass is 35.5. The van der Waals surface area contributed by atoms with E-state index in [4.69, 9.17) is 11.6 Å². The van der Waals surface area contributed by atoms with E-state index in [1.807, 2.05) is 30.9 Å². The van der Waals surface area contributed by atoms with E-state index < -0.39 is 0 Å². The number of hydrogen-bond donors (Lipinski definition) is 0. The standard InChI is InChI=1S/C14H17ClN2/c1-2-3-4-14(17-10-9-16-11-17)12-5-7-13(15)8-6-12/h5-11,14H,2-4H2,1H3. The van der Waals surface area contributed by atoms with Crippen LogP contribution in [0.4, 0.5) is 0 Å². The van der Waals surface area contributed by atoms with Crippen LogP contribution < -0.4 is 0 Å². The summed E-state index contributed by atoms with van der Waals surface area (Å²) in [5.41, 5.74) is 1.29. The van der Waals surface area contributed by atoms with Crippen molar-refractivity contribution in [3.05, 3.63) is 53.6 Å². The molecule has 0 saturated heterocycles. The molecule has 2 aromatic rings. The van der Waals surface area contributed by atoms with E-state index in [1.54, 1.807) is 0 Å². The lowest BCUT2D eigenvalue weighted by atomic mass is 10.0. The maximum absolute atomic E-state index is 5.93. The summed E-state index contributed by atoms with van der Waals surface area (Å²) >= 11 is 5.93. The third-order valence-corrected chi connectivity index (χ3v) is 3.22. The van der Waals surface area contributed by atoms with E-state index in [9.17, 15) is 0 Å². The van der Waals surface area contributed by atoms with Gasteiger partial charge >= 0.3 is 0 Å². The van der Waals surface area contributed by atoms with Gasteiger partial charge in [0.25, 0.3) is 0 Å². The molecule has 0 spiro atoms. The van der Waals surface area contributed by atoms with Gasteiger partial charge in [0.1, 0.15) is 0 Å². The monoisotopic (exact) mass is 248 g/mol. The molecule has 0 aliphatic rings. The molecular formula is C14H17ClN2. The Labute approximate surface area is 107 Å². The van der Waals surface area contributed by atoms with Crippen molar-refractivity contribution in [2.75, 3.05) is 0 Å². The zero-order chi connectivity index (χ0) is 12.1. The van der Waals surface area contributed by atoms with Gasteiger partial charge in [-0.2, -0.15) is 0 Å². The van der Waals surface area contributed by atoms with Crippen molar-refractivity contribution in [2.24, 2.45) is 0 Å². The Bertz CT molecular complexity index is 434. The molecular weight excluding hydrogens is 232 g/mol. The SMILES string of the molecule is CCCCC(c1ccc(Cl)cc1)n1ccnc1. The van der Waals surface area contributed by atoms with E-state index in [2.05, 4.69) is 28.6 Å². The maximum Gasteiger partial charge on any atom is 0.0951 e. The van der Waals surface area contributed by atoms with Crippen LogP contribution in [0.1, 0.15) is 37.8 Å². The highest BCUT2D eigenvalue weighted by Gasteiger charge is 2.12. The summed E-state index contributed by atoms with van der Waals surface area (Å²) in [6, 6.07) is 8.47. The van der Waals surface area contributed by atoms with Crippen molar-refractivity contribution in [2.45, 2.75) is 32.2 Å². The molecule has 0 aliphatic heterocycles. The van der Waals surface area contributed by atoms with Crippen LogP contribution in [-0.2, 0) is 0 Å². The number of hydrogen-bond acceptors (Lipinski definition) is 1. The van der Waals surface area contributed by atoms with Gasteiger partial charge in [-0.1, -0.05) is 43.5 Å².